The molecule has 0 bridgehead atoms. The van der Waals surface area contributed by atoms with Gasteiger partial charge < -0.3 is 15.2 Å². The summed E-state index contributed by atoms with van der Waals surface area (Å²) in [7, 11) is 0. The second kappa shape index (κ2) is 6.88. The molecule has 1 unspecified atom stereocenters. The van der Waals surface area contributed by atoms with Crippen molar-refractivity contribution in [3.8, 4) is 11.8 Å². The summed E-state index contributed by atoms with van der Waals surface area (Å²) in [5.74, 6) is 5.96. The van der Waals surface area contributed by atoms with Crippen molar-refractivity contribution in [2.75, 3.05) is 25.1 Å². The van der Waals surface area contributed by atoms with Crippen LogP contribution in [0.5, 0.6) is 0 Å². The van der Waals surface area contributed by atoms with Gasteiger partial charge >= 0.3 is 0 Å². The number of aliphatic hydroxyl groups excluding tert-OH is 1. The summed E-state index contributed by atoms with van der Waals surface area (Å²) in [5.41, 5.74) is 0.578. The normalized spacial score (nSPS) is 17.6. The molecular weight excluding hydrogens is 244 g/mol. The number of nitrogens with one attached hydrogen (secondary N) is 1. The number of carbonyl (C=O) groups is 1. The van der Waals surface area contributed by atoms with Crippen molar-refractivity contribution in [1.29, 1.82) is 0 Å². The molecule has 0 aliphatic carbocycles. The van der Waals surface area contributed by atoms with Crippen LogP contribution in [0.25, 0.3) is 0 Å². The van der Waals surface area contributed by atoms with E-state index >= 15 is 0 Å². The predicted molar refractivity (Wildman–Crippen MR) is 70.4 cm³/mol. The first-order valence-electron chi connectivity index (χ1n) is 6.25. The van der Waals surface area contributed by atoms with Gasteiger partial charge in [0.2, 0.25) is 5.91 Å². The maximum absolute atomic E-state index is 11.9. The van der Waals surface area contributed by atoms with Gasteiger partial charge in [-0.15, -0.1) is 0 Å². The van der Waals surface area contributed by atoms with E-state index in [4.69, 9.17) is 9.84 Å². The summed E-state index contributed by atoms with van der Waals surface area (Å²) in [5, 5.41) is 11.4. The van der Waals surface area contributed by atoms with Crippen LogP contribution in [0.15, 0.2) is 18.2 Å². The molecule has 1 aliphatic rings. The van der Waals surface area contributed by atoms with Gasteiger partial charge in [-0.25, -0.2) is 4.98 Å². The lowest BCUT2D eigenvalue weighted by molar-refractivity contribution is -0.119. The zero-order valence-electron chi connectivity index (χ0n) is 10.6. The molecule has 1 fully saturated rings. The summed E-state index contributed by atoms with van der Waals surface area (Å²) < 4.78 is 5.18. The highest BCUT2D eigenvalue weighted by Gasteiger charge is 2.23. The maximum atomic E-state index is 11.9. The zero-order valence-corrected chi connectivity index (χ0v) is 10.6. The van der Waals surface area contributed by atoms with E-state index in [2.05, 4.69) is 22.1 Å². The Morgan fingerprint density at radius 3 is 3.21 bits per heavy atom. The lowest BCUT2D eigenvalue weighted by atomic mass is 10.1. The Kier molecular flexibility index (Phi) is 4.90. The second-order valence-electron chi connectivity index (χ2n) is 4.23. The van der Waals surface area contributed by atoms with E-state index in [9.17, 15) is 4.79 Å². The van der Waals surface area contributed by atoms with E-state index in [1.807, 2.05) is 0 Å². The van der Waals surface area contributed by atoms with Gasteiger partial charge in [0, 0.05) is 13.0 Å². The van der Waals surface area contributed by atoms with Crippen molar-refractivity contribution in [3.05, 3.63) is 23.9 Å². The highest BCUT2D eigenvalue weighted by Crippen LogP contribution is 2.14. The van der Waals surface area contributed by atoms with Crippen LogP contribution in [0.1, 0.15) is 18.5 Å². The fourth-order valence-corrected chi connectivity index (χ4v) is 1.75. The summed E-state index contributed by atoms with van der Waals surface area (Å²) in [4.78, 5) is 16.1. The van der Waals surface area contributed by atoms with Crippen molar-refractivity contribution >= 4 is 11.7 Å². The van der Waals surface area contributed by atoms with Crippen molar-refractivity contribution in [2.24, 2.45) is 5.92 Å². The third-order valence-corrected chi connectivity index (χ3v) is 2.75. The molecule has 1 atom stereocenters. The second-order valence-corrected chi connectivity index (χ2v) is 4.23. The molecule has 1 amide bonds. The van der Waals surface area contributed by atoms with Gasteiger partial charge in [0.1, 0.15) is 11.5 Å². The monoisotopic (exact) mass is 260 g/mol. The number of hydrogen-bond acceptors (Lipinski definition) is 4. The molecule has 5 heteroatoms. The smallest absolute Gasteiger partial charge is 0.231 e. The Morgan fingerprint density at radius 1 is 1.58 bits per heavy atom. The van der Waals surface area contributed by atoms with Crippen LogP contribution in [-0.4, -0.2) is 35.8 Å². The van der Waals surface area contributed by atoms with Gasteiger partial charge in [0.15, 0.2) is 0 Å². The van der Waals surface area contributed by atoms with Gasteiger partial charge in [-0.2, -0.15) is 0 Å². The van der Waals surface area contributed by atoms with Crippen LogP contribution in [0.4, 0.5) is 5.82 Å². The van der Waals surface area contributed by atoms with E-state index in [0.717, 1.165) is 6.42 Å². The fourth-order valence-electron chi connectivity index (χ4n) is 1.75. The highest BCUT2D eigenvalue weighted by molar-refractivity contribution is 5.91. The van der Waals surface area contributed by atoms with Gasteiger partial charge in [0.05, 0.1) is 19.1 Å². The molecule has 5 nitrogen and oxygen atoms in total. The van der Waals surface area contributed by atoms with E-state index < -0.39 is 0 Å². The number of carbonyl (C=O) groups excluding carboxylic acids is 1. The molecule has 0 spiro atoms. The first kappa shape index (κ1) is 13.5. The van der Waals surface area contributed by atoms with Gasteiger partial charge in [-0.1, -0.05) is 12.0 Å². The van der Waals surface area contributed by atoms with Crippen molar-refractivity contribution in [2.45, 2.75) is 12.8 Å². The number of pyridine rings is 1. The molecule has 100 valence electrons. The zero-order chi connectivity index (χ0) is 13.5. The first-order valence-corrected chi connectivity index (χ1v) is 6.25. The van der Waals surface area contributed by atoms with Crippen LogP contribution in [0, 0.1) is 17.8 Å². The molecule has 0 radical (unpaired) electrons. The van der Waals surface area contributed by atoms with Crippen LogP contribution in [-0.2, 0) is 9.53 Å². The lowest BCUT2D eigenvalue weighted by Gasteiger charge is -2.08. The summed E-state index contributed by atoms with van der Waals surface area (Å²) in [6, 6.07) is 5.28. The largest absolute Gasteiger partial charge is 0.395 e. The average Bonchev–Trinajstić information content (AvgIpc) is 2.93. The number of anilines is 1. The quantitative estimate of drug-likeness (QED) is 0.788. The van der Waals surface area contributed by atoms with E-state index in [0.29, 0.717) is 31.1 Å². The minimum Gasteiger partial charge on any atom is -0.395 e. The predicted octanol–water partition coefficient (Wildman–Crippen LogP) is 0.790. The molecular formula is C14H16N2O3. The lowest BCUT2D eigenvalue weighted by Crippen LogP contribution is -2.23. The van der Waals surface area contributed by atoms with Crippen LogP contribution >= 0.6 is 0 Å². The van der Waals surface area contributed by atoms with Crippen LogP contribution < -0.4 is 5.32 Å². The molecule has 1 aromatic heterocycles. The maximum Gasteiger partial charge on any atom is 0.231 e. The number of amides is 1. The standard InChI is InChI=1S/C14H16N2O3/c17-8-2-1-4-12-5-3-6-13(15-12)16-14(18)11-7-9-19-10-11/h3,5-6,11,17H,2,7-10H2,(H,15,16,18). The molecule has 2 rings (SSSR count). The number of nitrogens with zero attached hydrogens (tertiary/aromatic N) is 1. The van der Waals surface area contributed by atoms with Crippen LogP contribution in [0.3, 0.4) is 0 Å². The molecule has 1 saturated heterocycles. The molecule has 19 heavy (non-hydrogen) atoms. The van der Waals surface area contributed by atoms with Gasteiger partial charge in [-0.3, -0.25) is 4.79 Å². The number of ether oxygens (including phenoxy) is 1. The molecule has 1 aliphatic heterocycles. The molecule has 0 saturated carbocycles. The van der Waals surface area contributed by atoms with Crippen molar-refractivity contribution in [3.63, 3.8) is 0 Å². The Morgan fingerprint density at radius 2 is 2.47 bits per heavy atom. The molecule has 0 aromatic carbocycles. The Balaban J connectivity index is 1.98. The van der Waals surface area contributed by atoms with Crippen molar-refractivity contribution < 1.29 is 14.6 Å². The summed E-state index contributed by atoms with van der Waals surface area (Å²) in [6.45, 7) is 1.14. The number of rotatable bonds is 3. The SMILES string of the molecule is O=C(Nc1cccc(C#CCCO)n1)C1CCOC1. The fraction of sp³-hybridized carbons (Fsp3) is 0.429. The molecule has 1 aromatic rings. The van der Waals surface area contributed by atoms with Gasteiger partial charge in [0.25, 0.3) is 0 Å². The van der Waals surface area contributed by atoms with Crippen molar-refractivity contribution in [1.82, 2.24) is 4.98 Å². The van der Waals surface area contributed by atoms with E-state index in [1.54, 1.807) is 18.2 Å². The Hall–Kier alpha value is -1.90. The molecule has 2 heterocycles. The third kappa shape index (κ3) is 4.05. The average molecular weight is 260 g/mol. The highest BCUT2D eigenvalue weighted by atomic mass is 16.5. The van der Waals surface area contributed by atoms with E-state index in [1.165, 1.54) is 0 Å². The Bertz CT molecular complexity index is 499. The summed E-state index contributed by atoms with van der Waals surface area (Å²) in [6.07, 6.45) is 1.17. The number of hydrogen-bond donors (Lipinski definition) is 2. The minimum absolute atomic E-state index is 0.0328. The minimum atomic E-state index is -0.0917. The van der Waals surface area contributed by atoms with E-state index in [-0.39, 0.29) is 18.4 Å². The number of aliphatic hydroxyl groups is 1. The Labute approximate surface area is 112 Å². The third-order valence-electron chi connectivity index (χ3n) is 2.75. The molecule has 2 N–H and O–H groups in total. The van der Waals surface area contributed by atoms with Crippen LogP contribution in [0.2, 0.25) is 0 Å². The topological polar surface area (TPSA) is 71.5 Å². The first-order chi connectivity index (χ1) is 9.29. The number of aromatic nitrogens is 1. The summed E-state index contributed by atoms with van der Waals surface area (Å²) >= 11 is 0. The van der Waals surface area contributed by atoms with Gasteiger partial charge in [-0.05, 0) is 24.5 Å².